The molecule has 19 heavy (non-hydrogen) atoms. The monoisotopic (exact) mass is 265 g/mol. The molecule has 4 nitrogen and oxygen atoms in total. The summed E-state index contributed by atoms with van der Waals surface area (Å²) in [6, 6.07) is 6.01. The van der Waals surface area contributed by atoms with Crippen molar-refractivity contribution in [2.75, 3.05) is 19.8 Å². The van der Waals surface area contributed by atoms with Gasteiger partial charge in [-0.05, 0) is 49.9 Å². The number of aryl methyl sites for hydroxylation is 2. The third-order valence-electron chi connectivity index (χ3n) is 3.51. The number of ether oxygens (including phenoxy) is 1. The molecule has 4 heteroatoms. The van der Waals surface area contributed by atoms with Crippen LogP contribution in [0, 0.1) is 13.8 Å². The van der Waals surface area contributed by atoms with Gasteiger partial charge in [-0.3, -0.25) is 0 Å². The second-order valence-electron chi connectivity index (χ2n) is 5.61. The minimum absolute atomic E-state index is 0.137. The number of hydrogen-bond acceptors (Lipinski definition) is 4. The van der Waals surface area contributed by atoms with Crippen molar-refractivity contribution in [1.82, 2.24) is 5.32 Å². The van der Waals surface area contributed by atoms with Gasteiger partial charge in [-0.1, -0.05) is 6.07 Å². The van der Waals surface area contributed by atoms with Crippen LogP contribution >= 0.6 is 0 Å². The minimum atomic E-state index is -0.565. The Morgan fingerprint density at radius 2 is 1.89 bits per heavy atom. The smallest absolute Gasteiger partial charge is 0.119 e. The Labute approximate surface area is 114 Å². The van der Waals surface area contributed by atoms with Gasteiger partial charge in [0.05, 0.1) is 6.61 Å². The van der Waals surface area contributed by atoms with Gasteiger partial charge >= 0.3 is 0 Å². The normalized spacial score (nSPS) is 18.1. The molecule has 0 saturated heterocycles. The van der Waals surface area contributed by atoms with Crippen LogP contribution in [0.2, 0.25) is 0 Å². The third kappa shape index (κ3) is 4.20. The average Bonchev–Trinajstić information content (AvgIpc) is 3.13. The molecule has 3 N–H and O–H groups in total. The van der Waals surface area contributed by atoms with Gasteiger partial charge in [-0.15, -0.1) is 0 Å². The Morgan fingerprint density at radius 1 is 1.26 bits per heavy atom. The summed E-state index contributed by atoms with van der Waals surface area (Å²) >= 11 is 0. The van der Waals surface area contributed by atoms with Gasteiger partial charge in [0.1, 0.15) is 18.5 Å². The van der Waals surface area contributed by atoms with Gasteiger partial charge < -0.3 is 20.3 Å². The lowest BCUT2D eigenvalue weighted by Crippen LogP contribution is -2.41. The lowest BCUT2D eigenvalue weighted by molar-refractivity contribution is 0.0978. The first-order valence-corrected chi connectivity index (χ1v) is 6.78. The summed E-state index contributed by atoms with van der Waals surface area (Å²) in [6.07, 6.45) is 1.40. The molecule has 1 aliphatic carbocycles. The van der Waals surface area contributed by atoms with Crippen molar-refractivity contribution in [1.29, 1.82) is 0 Å². The van der Waals surface area contributed by atoms with E-state index >= 15 is 0 Å². The predicted molar refractivity (Wildman–Crippen MR) is 74.5 cm³/mol. The van der Waals surface area contributed by atoms with E-state index in [1.807, 2.05) is 26.0 Å². The third-order valence-corrected chi connectivity index (χ3v) is 3.51. The van der Waals surface area contributed by atoms with E-state index in [0.29, 0.717) is 6.54 Å². The van der Waals surface area contributed by atoms with Gasteiger partial charge in [0.25, 0.3) is 0 Å². The summed E-state index contributed by atoms with van der Waals surface area (Å²) in [5, 5.41) is 22.2. The van der Waals surface area contributed by atoms with Gasteiger partial charge in [0.15, 0.2) is 0 Å². The van der Waals surface area contributed by atoms with Crippen molar-refractivity contribution in [2.24, 2.45) is 0 Å². The summed E-state index contributed by atoms with van der Waals surface area (Å²) in [5.74, 6) is 0.792. The molecule has 106 valence electrons. The Kier molecular flexibility index (Phi) is 4.45. The van der Waals surface area contributed by atoms with Gasteiger partial charge in [-0.2, -0.15) is 0 Å². The first-order valence-electron chi connectivity index (χ1n) is 6.78. The number of benzene rings is 1. The summed E-state index contributed by atoms with van der Waals surface area (Å²) in [4.78, 5) is 0. The number of aliphatic hydroxyl groups is 2. The molecule has 0 bridgehead atoms. The fourth-order valence-corrected chi connectivity index (χ4v) is 2.14. The lowest BCUT2D eigenvalue weighted by Gasteiger charge is -2.18. The molecule has 0 aliphatic heterocycles. The highest BCUT2D eigenvalue weighted by Gasteiger charge is 2.41. The molecular formula is C15H23NO3. The number of rotatable bonds is 7. The van der Waals surface area contributed by atoms with Gasteiger partial charge in [0, 0.05) is 12.1 Å². The van der Waals surface area contributed by atoms with Crippen LogP contribution in [0.4, 0.5) is 0 Å². The SMILES string of the molecule is Cc1cc(C)cc(OCC(O)CNC2(CO)CC2)c1. The molecule has 1 aromatic rings. The number of β-amino-alcohol motifs (C(OH)–C–C–N with tert-alkyl or cyclic N) is 1. The second kappa shape index (κ2) is 5.90. The van der Waals surface area contributed by atoms with Crippen LogP contribution in [0.25, 0.3) is 0 Å². The van der Waals surface area contributed by atoms with Gasteiger partial charge in [0.2, 0.25) is 0 Å². The zero-order chi connectivity index (χ0) is 13.9. The maximum Gasteiger partial charge on any atom is 0.119 e. The van der Waals surface area contributed by atoms with E-state index in [1.165, 1.54) is 0 Å². The number of aliphatic hydroxyl groups excluding tert-OH is 2. The number of hydrogen-bond donors (Lipinski definition) is 3. The first-order chi connectivity index (χ1) is 9.03. The van der Waals surface area contributed by atoms with Crippen molar-refractivity contribution in [3.63, 3.8) is 0 Å². The van der Waals surface area contributed by atoms with E-state index < -0.39 is 6.10 Å². The van der Waals surface area contributed by atoms with E-state index in [1.54, 1.807) is 0 Å². The quantitative estimate of drug-likeness (QED) is 0.692. The summed E-state index contributed by atoms with van der Waals surface area (Å²) in [7, 11) is 0. The minimum Gasteiger partial charge on any atom is -0.491 e. The van der Waals surface area contributed by atoms with Crippen LogP contribution in [0.5, 0.6) is 5.75 Å². The molecule has 0 radical (unpaired) electrons. The highest BCUT2D eigenvalue weighted by atomic mass is 16.5. The molecule has 1 atom stereocenters. The van der Waals surface area contributed by atoms with E-state index in [-0.39, 0.29) is 18.8 Å². The Hall–Kier alpha value is -1.10. The topological polar surface area (TPSA) is 61.7 Å². The highest BCUT2D eigenvalue weighted by Crippen LogP contribution is 2.34. The maximum absolute atomic E-state index is 9.87. The molecule has 0 spiro atoms. The lowest BCUT2D eigenvalue weighted by atomic mass is 10.1. The zero-order valence-electron chi connectivity index (χ0n) is 11.6. The fraction of sp³-hybridized carbons (Fsp3) is 0.600. The van der Waals surface area contributed by atoms with Crippen molar-refractivity contribution in [3.8, 4) is 5.75 Å². The fourth-order valence-electron chi connectivity index (χ4n) is 2.14. The zero-order valence-corrected chi connectivity index (χ0v) is 11.6. The van der Waals surface area contributed by atoms with Crippen molar-refractivity contribution in [3.05, 3.63) is 29.3 Å². The Bertz CT molecular complexity index is 409. The molecular weight excluding hydrogens is 242 g/mol. The van der Waals surface area contributed by atoms with E-state index in [4.69, 9.17) is 9.84 Å². The Balaban J connectivity index is 1.75. The summed E-state index contributed by atoms with van der Waals surface area (Å²) in [5.41, 5.74) is 2.17. The molecule has 0 aromatic heterocycles. The molecule has 1 saturated carbocycles. The predicted octanol–water partition coefficient (Wildman–Crippen LogP) is 1.16. The van der Waals surface area contributed by atoms with Crippen LogP contribution < -0.4 is 10.1 Å². The van der Waals surface area contributed by atoms with Crippen molar-refractivity contribution in [2.45, 2.75) is 38.3 Å². The molecule has 1 fully saturated rings. The van der Waals surface area contributed by atoms with Crippen LogP contribution in [-0.4, -0.2) is 41.6 Å². The molecule has 2 rings (SSSR count). The van der Waals surface area contributed by atoms with Crippen molar-refractivity contribution < 1.29 is 14.9 Å². The summed E-state index contributed by atoms with van der Waals surface area (Å²) in [6.45, 7) is 4.90. The average molecular weight is 265 g/mol. The first kappa shape index (κ1) is 14.3. The maximum atomic E-state index is 9.87. The molecule has 1 aromatic carbocycles. The molecule has 0 heterocycles. The van der Waals surface area contributed by atoms with E-state index in [9.17, 15) is 5.11 Å². The van der Waals surface area contributed by atoms with E-state index in [0.717, 1.165) is 29.7 Å². The molecule has 1 aliphatic rings. The molecule has 0 amide bonds. The van der Waals surface area contributed by atoms with Crippen LogP contribution in [0.1, 0.15) is 24.0 Å². The van der Waals surface area contributed by atoms with Gasteiger partial charge in [-0.25, -0.2) is 0 Å². The van der Waals surface area contributed by atoms with Crippen LogP contribution in [0.15, 0.2) is 18.2 Å². The van der Waals surface area contributed by atoms with Crippen LogP contribution in [-0.2, 0) is 0 Å². The summed E-state index contributed by atoms with van der Waals surface area (Å²) < 4.78 is 5.60. The standard InChI is InChI=1S/C15H23NO3/c1-11-5-12(2)7-14(6-11)19-9-13(18)8-16-15(10-17)3-4-15/h5-7,13,16-18H,3-4,8-10H2,1-2H3. The van der Waals surface area contributed by atoms with E-state index in [2.05, 4.69) is 11.4 Å². The molecule has 1 unspecified atom stereocenters. The number of nitrogens with one attached hydrogen (secondary N) is 1. The highest BCUT2D eigenvalue weighted by molar-refractivity contribution is 5.32. The second-order valence-corrected chi connectivity index (χ2v) is 5.61. The largest absolute Gasteiger partial charge is 0.491 e. The Morgan fingerprint density at radius 3 is 2.42 bits per heavy atom. The van der Waals surface area contributed by atoms with Crippen LogP contribution in [0.3, 0.4) is 0 Å². The van der Waals surface area contributed by atoms with Crippen molar-refractivity contribution >= 4 is 0 Å².